The lowest BCUT2D eigenvalue weighted by Crippen LogP contribution is -2.25. The number of phenols is 1. The fourth-order valence-corrected chi connectivity index (χ4v) is 2.79. The number of rotatable bonds is 2. The number of anilines is 1. The van der Waals surface area contributed by atoms with Gasteiger partial charge >= 0.3 is 0 Å². The summed E-state index contributed by atoms with van der Waals surface area (Å²) in [5, 5.41) is 11.8. The van der Waals surface area contributed by atoms with E-state index in [-0.39, 0.29) is 11.7 Å². The summed E-state index contributed by atoms with van der Waals surface area (Å²) in [6, 6.07) is 6.54. The second-order valence-corrected chi connectivity index (χ2v) is 5.20. The number of hydrogen-bond donors (Lipinski definition) is 1. The molecule has 1 heterocycles. The average molecular weight is 282 g/mol. The van der Waals surface area contributed by atoms with Crippen LogP contribution in [0.5, 0.6) is 5.75 Å². The Hall–Kier alpha value is -1.52. The molecule has 94 valence electrons. The van der Waals surface area contributed by atoms with Crippen LogP contribution >= 0.6 is 22.9 Å². The van der Waals surface area contributed by atoms with Crippen LogP contribution in [0.15, 0.2) is 29.6 Å². The number of amides is 1. The van der Waals surface area contributed by atoms with Gasteiger partial charge in [0.1, 0.15) is 10.6 Å². The van der Waals surface area contributed by atoms with Crippen LogP contribution < -0.4 is 4.90 Å². The molecule has 0 saturated heterocycles. The van der Waals surface area contributed by atoms with E-state index in [2.05, 4.69) is 0 Å². The largest absolute Gasteiger partial charge is 0.508 e. The third-order valence-electron chi connectivity index (χ3n) is 2.62. The highest BCUT2D eigenvalue weighted by atomic mass is 35.5. The topological polar surface area (TPSA) is 40.5 Å². The van der Waals surface area contributed by atoms with Gasteiger partial charge in [0.2, 0.25) is 0 Å². The van der Waals surface area contributed by atoms with Crippen LogP contribution in [-0.2, 0) is 0 Å². The van der Waals surface area contributed by atoms with Gasteiger partial charge in [-0.15, -0.1) is 11.3 Å². The molecule has 0 spiro atoms. The van der Waals surface area contributed by atoms with Crippen molar-refractivity contribution in [2.45, 2.75) is 6.92 Å². The molecular weight excluding hydrogens is 270 g/mol. The molecule has 0 saturated carbocycles. The predicted molar refractivity (Wildman–Crippen MR) is 74.9 cm³/mol. The average Bonchev–Trinajstić information content (AvgIpc) is 2.68. The predicted octanol–water partition coefficient (Wildman–Crippen LogP) is 3.69. The van der Waals surface area contributed by atoms with E-state index in [1.54, 1.807) is 25.2 Å². The number of carbonyl (C=O) groups is 1. The van der Waals surface area contributed by atoms with E-state index in [9.17, 15) is 9.90 Å². The molecule has 1 aromatic heterocycles. The Morgan fingerprint density at radius 1 is 1.44 bits per heavy atom. The minimum atomic E-state index is -0.177. The zero-order valence-corrected chi connectivity index (χ0v) is 11.5. The maximum absolute atomic E-state index is 12.3. The molecule has 18 heavy (non-hydrogen) atoms. The van der Waals surface area contributed by atoms with Crippen LogP contribution in [-0.4, -0.2) is 18.1 Å². The molecule has 0 unspecified atom stereocenters. The molecule has 2 rings (SSSR count). The van der Waals surface area contributed by atoms with Gasteiger partial charge in [-0.05, 0) is 30.0 Å². The van der Waals surface area contributed by atoms with Crippen molar-refractivity contribution in [3.05, 3.63) is 45.1 Å². The fourth-order valence-electron chi connectivity index (χ4n) is 1.55. The van der Waals surface area contributed by atoms with E-state index in [1.807, 2.05) is 12.3 Å². The van der Waals surface area contributed by atoms with Crippen LogP contribution in [0.2, 0.25) is 5.02 Å². The van der Waals surface area contributed by atoms with Crippen molar-refractivity contribution in [3.63, 3.8) is 0 Å². The van der Waals surface area contributed by atoms with E-state index in [0.717, 1.165) is 5.56 Å². The first kappa shape index (κ1) is 12.9. The number of aryl methyl sites for hydroxylation is 1. The van der Waals surface area contributed by atoms with Gasteiger partial charge in [0, 0.05) is 18.8 Å². The second kappa shape index (κ2) is 5.00. The smallest absolute Gasteiger partial charge is 0.269 e. The first-order valence-electron chi connectivity index (χ1n) is 5.31. The molecule has 0 radical (unpaired) electrons. The highest BCUT2D eigenvalue weighted by molar-refractivity contribution is 7.13. The summed E-state index contributed by atoms with van der Waals surface area (Å²) < 4.78 is 0. The van der Waals surface area contributed by atoms with Crippen molar-refractivity contribution in [1.29, 1.82) is 0 Å². The van der Waals surface area contributed by atoms with E-state index in [4.69, 9.17) is 11.6 Å². The Balaban J connectivity index is 2.32. The quantitative estimate of drug-likeness (QED) is 0.912. The number of benzene rings is 1. The normalized spacial score (nSPS) is 10.4. The van der Waals surface area contributed by atoms with Crippen LogP contribution in [0, 0.1) is 6.92 Å². The number of thiophene rings is 1. The molecule has 0 fully saturated rings. The molecule has 0 aliphatic rings. The molecule has 0 aliphatic heterocycles. The molecule has 3 nitrogen and oxygen atoms in total. The Kier molecular flexibility index (Phi) is 3.59. The highest BCUT2D eigenvalue weighted by Crippen LogP contribution is 2.30. The number of hydrogen-bond acceptors (Lipinski definition) is 3. The van der Waals surface area contributed by atoms with E-state index in [0.29, 0.717) is 15.6 Å². The van der Waals surface area contributed by atoms with Crippen LogP contribution in [0.25, 0.3) is 0 Å². The van der Waals surface area contributed by atoms with Crippen LogP contribution in [0.1, 0.15) is 15.2 Å². The number of carbonyl (C=O) groups excluding carboxylic acids is 1. The Labute approximate surface area is 114 Å². The molecule has 1 N–H and O–H groups in total. The first-order valence-corrected chi connectivity index (χ1v) is 6.57. The van der Waals surface area contributed by atoms with Gasteiger partial charge in [0.25, 0.3) is 5.91 Å². The van der Waals surface area contributed by atoms with E-state index >= 15 is 0 Å². The molecule has 5 heteroatoms. The molecule has 0 bridgehead atoms. The number of nitrogens with zero attached hydrogens (tertiary/aromatic N) is 1. The summed E-state index contributed by atoms with van der Waals surface area (Å²) in [4.78, 5) is 14.2. The lowest BCUT2D eigenvalue weighted by Gasteiger charge is -2.16. The van der Waals surface area contributed by atoms with Crippen LogP contribution in [0.3, 0.4) is 0 Å². The molecule has 1 aromatic carbocycles. The zero-order chi connectivity index (χ0) is 13.3. The third kappa shape index (κ3) is 2.35. The molecule has 1 amide bonds. The summed E-state index contributed by atoms with van der Waals surface area (Å²) in [5.41, 5.74) is 1.52. The highest BCUT2D eigenvalue weighted by Gasteiger charge is 2.19. The minimum Gasteiger partial charge on any atom is -0.508 e. The van der Waals surface area contributed by atoms with Crippen molar-refractivity contribution in [2.75, 3.05) is 11.9 Å². The number of halogens is 1. The lowest BCUT2D eigenvalue weighted by molar-refractivity contribution is 0.0997. The summed E-state index contributed by atoms with van der Waals surface area (Å²) in [6.45, 7) is 1.87. The summed E-state index contributed by atoms with van der Waals surface area (Å²) in [6.07, 6.45) is 0. The summed E-state index contributed by atoms with van der Waals surface area (Å²) in [7, 11) is 1.66. The zero-order valence-electron chi connectivity index (χ0n) is 9.98. The first-order chi connectivity index (χ1) is 8.50. The third-order valence-corrected chi connectivity index (χ3v) is 4.30. The van der Waals surface area contributed by atoms with Gasteiger partial charge < -0.3 is 10.0 Å². The SMILES string of the molecule is Cc1csc(C(=O)N(C)c2cccc(O)c2)c1Cl. The summed E-state index contributed by atoms with van der Waals surface area (Å²) >= 11 is 7.41. The maximum atomic E-state index is 12.3. The van der Waals surface area contributed by atoms with Crippen LogP contribution in [0.4, 0.5) is 5.69 Å². The van der Waals surface area contributed by atoms with Crippen molar-refractivity contribution < 1.29 is 9.90 Å². The van der Waals surface area contributed by atoms with Gasteiger partial charge in [-0.3, -0.25) is 4.79 Å². The maximum Gasteiger partial charge on any atom is 0.269 e. The van der Waals surface area contributed by atoms with Gasteiger partial charge in [0.05, 0.1) is 5.02 Å². The van der Waals surface area contributed by atoms with Crippen molar-refractivity contribution in [1.82, 2.24) is 0 Å². The fraction of sp³-hybridized carbons (Fsp3) is 0.154. The van der Waals surface area contributed by atoms with Gasteiger partial charge in [-0.2, -0.15) is 0 Å². The number of aromatic hydroxyl groups is 1. The van der Waals surface area contributed by atoms with Gasteiger partial charge in [-0.1, -0.05) is 17.7 Å². The Bertz CT molecular complexity index is 594. The molecule has 0 aliphatic carbocycles. The molecule has 0 atom stereocenters. The number of phenolic OH excluding ortho intramolecular Hbond substituents is 1. The standard InChI is InChI=1S/C13H12ClNO2S/c1-8-7-18-12(11(8)14)13(17)15(2)9-4-3-5-10(16)6-9/h3-7,16H,1-2H3. The molecule has 2 aromatic rings. The van der Waals surface area contributed by atoms with Crippen molar-refractivity contribution >= 4 is 34.5 Å². The molecular formula is C13H12ClNO2S. The minimum absolute atomic E-state index is 0.126. The second-order valence-electron chi connectivity index (χ2n) is 3.95. The van der Waals surface area contributed by atoms with Gasteiger partial charge in [0.15, 0.2) is 0 Å². The lowest BCUT2D eigenvalue weighted by atomic mass is 10.2. The van der Waals surface area contributed by atoms with Crippen molar-refractivity contribution in [3.8, 4) is 5.75 Å². The Morgan fingerprint density at radius 3 is 2.72 bits per heavy atom. The van der Waals surface area contributed by atoms with Gasteiger partial charge in [-0.25, -0.2) is 0 Å². The van der Waals surface area contributed by atoms with E-state index < -0.39 is 0 Å². The monoisotopic (exact) mass is 281 g/mol. The van der Waals surface area contributed by atoms with Crippen molar-refractivity contribution in [2.24, 2.45) is 0 Å². The van der Waals surface area contributed by atoms with E-state index in [1.165, 1.54) is 22.3 Å². The Morgan fingerprint density at radius 2 is 2.17 bits per heavy atom. The summed E-state index contributed by atoms with van der Waals surface area (Å²) in [5.74, 6) is -0.0516.